The van der Waals surface area contributed by atoms with Crippen molar-refractivity contribution in [3.63, 3.8) is 0 Å². The van der Waals surface area contributed by atoms with Crippen molar-refractivity contribution in [2.75, 3.05) is 5.32 Å². The van der Waals surface area contributed by atoms with Crippen LogP contribution in [0.15, 0.2) is 48.7 Å². The van der Waals surface area contributed by atoms with Gasteiger partial charge in [0.05, 0.1) is 11.3 Å². The van der Waals surface area contributed by atoms with E-state index in [1.807, 2.05) is 22.6 Å². The van der Waals surface area contributed by atoms with Crippen molar-refractivity contribution < 1.29 is 18.7 Å². The van der Waals surface area contributed by atoms with Crippen molar-refractivity contribution in [2.45, 2.75) is 0 Å². The van der Waals surface area contributed by atoms with Crippen molar-refractivity contribution in [2.24, 2.45) is 0 Å². The lowest BCUT2D eigenvalue weighted by Crippen LogP contribution is -1.97. The second kappa shape index (κ2) is 6.66. The van der Waals surface area contributed by atoms with Gasteiger partial charge in [-0.15, -0.1) is 0 Å². The van der Waals surface area contributed by atoms with Gasteiger partial charge in [-0.25, -0.2) is 13.6 Å². The summed E-state index contributed by atoms with van der Waals surface area (Å²) < 4.78 is 28.3. The molecular formula is C15H10F2INO2. The normalized spacial score (nSPS) is 11.3. The molecule has 0 aromatic heterocycles. The van der Waals surface area contributed by atoms with E-state index in [-0.39, 0.29) is 16.8 Å². The lowest BCUT2D eigenvalue weighted by Gasteiger charge is -2.04. The molecule has 0 fully saturated rings. The van der Waals surface area contributed by atoms with Gasteiger partial charge in [-0.3, -0.25) is 0 Å². The summed E-state index contributed by atoms with van der Waals surface area (Å²) >= 11 is 1.97. The lowest BCUT2D eigenvalue weighted by atomic mass is 10.1. The number of rotatable bonds is 4. The van der Waals surface area contributed by atoms with Gasteiger partial charge in [0.15, 0.2) is 0 Å². The quantitative estimate of drug-likeness (QED) is 0.742. The summed E-state index contributed by atoms with van der Waals surface area (Å²) in [6.07, 6.45) is 0.992. The van der Waals surface area contributed by atoms with Crippen LogP contribution in [-0.4, -0.2) is 11.1 Å². The van der Waals surface area contributed by atoms with Crippen LogP contribution >= 0.6 is 22.6 Å². The topological polar surface area (TPSA) is 49.3 Å². The standard InChI is InChI=1S/C15H10F2INO2/c16-12-7-11(18)4-5-14(12)19-8-13(17)9-2-1-3-10(6-9)15(20)21/h1-8,19H,(H,20,21). The first-order valence-electron chi connectivity index (χ1n) is 5.88. The van der Waals surface area contributed by atoms with E-state index in [0.717, 1.165) is 9.77 Å². The fraction of sp³-hybridized carbons (Fsp3) is 0. The molecule has 0 unspecified atom stereocenters. The third-order valence-corrected chi connectivity index (χ3v) is 3.34. The predicted molar refractivity (Wildman–Crippen MR) is 85.2 cm³/mol. The van der Waals surface area contributed by atoms with E-state index in [1.54, 1.807) is 6.07 Å². The highest BCUT2D eigenvalue weighted by Crippen LogP contribution is 2.20. The number of benzene rings is 2. The second-order valence-electron chi connectivity index (χ2n) is 4.15. The first kappa shape index (κ1) is 15.4. The number of carboxylic acids is 1. The molecular weight excluding hydrogens is 391 g/mol. The van der Waals surface area contributed by atoms with E-state index in [9.17, 15) is 13.6 Å². The highest BCUT2D eigenvalue weighted by atomic mass is 127. The van der Waals surface area contributed by atoms with Gasteiger partial charge in [0.25, 0.3) is 0 Å². The third kappa shape index (κ3) is 4.01. The van der Waals surface area contributed by atoms with Crippen LogP contribution in [0.3, 0.4) is 0 Å². The molecule has 0 bridgehead atoms. The second-order valence-corrected chi connectivity index (χ2v) is 5.39. The Bertz CT molecular complexity index is 717. The molecule has 0 heterocycles. The summed E-state index contributed by atoms with van der Waals surface area (Å²) in [6, 6.07) is 9.95. The molecule has 0 radical (unpaired) electrons. The minimum absolute atomic E-state index is 0.0171. The van der Waals surface area contributed by atoms with Gasteiger partial charge < -0.3 is 10.4 Å². The molecule has 3 nitrogen and oxygen atoms in total. The maximum atomic E-state index is 14.0. The molecule has 2 aromatic rings. The number of halogens is 3. The molecule has 0 spiro atoms. The molecule has 2 N–H and O–H groups in total. The Balaban J connectivity index is 2.21. The van der Waals surface area contributed by atoms with Crippen LogP contribution in [0, 0.1) is 9.39 Å². The van der Waals surface area contributed by atoms with E-state index in [0.29, 0.717) is 0 Å². The van der Waals surface area contributed by atoms with Gasteiger partial charge in [-0.1, -0.05) is 12.1 Å². The smallest absolute Gasteiger partial charge is 0.335 e. The van der Waals surface area contributed by atoms with E-state index in [4.69, 9.17) is 5.11 Å². The summed E-state index contributed by atoms with van der Waals surface area (Å²) in [5, 5.41) is 11.4. The molecule has 2 aromatic carbocycles. The van der Waals surface area contributed by atoms with E-state index in [2.05, 4.69) is 5.32 Å². The molecule has 21 heavy (non-hydrogen) atoms. The third-order valence-electron chi connectivity index (χ3n) is 2.67. The molecule has 0 aliphatic rings. The van der Waals surface area contributed by atoms with Crippen LogP contribution in [0.4, 0.5) is 14.5 Å². The minimum Gasteiger partial charge on any atom is -0.478 e. The summed E-state index contributed by atoms with van der Waals surface area (Å²) in [5.74, 6) is -2.32. The molecule has 0 saturated heterocycles. The van der Waals surface area contributed by atoms with Crippen molar-refractivity contribution in [3.8, 4) is 0 Å². The number of anilines is 1. The van der Waals surface area contributed by atoms with E-state index < -0.39 is 17.6 Å². The molecule has 0 saturated carbocycles. The van der Waals surface area contributed by atoms with Crippen LogP contribution in [0.25, 0.3) is 5.83 Å². The van der Waals surface area contributed by atoms with Crippen molar-refractivity contribution in [1.82, 2.24) is 0 Å². The Morgan fingerprint density at radius 3 is 2.57 bits per heavy atom. The van der Waals surface area contributed by atoms with E-state index >= 15 is 0 Å². The Hall–Kier alpha value is -1.96. The van der Waals surface area contributed by atoms with Crippen molar-refractivity contribution in [1.29, 1.82) is 0 Å². The average Bonchev–Trinajstić information content (AvgIpc) is 2.46. The number of hydrogen-bond donors (Lipinski definition) is 2. The largest absolute Gasteiger partial charge is 0.478 e. The Kier molecular flexibility index (Phi) is 4.89. The Morgan fingerprint density at radius 2 is 1.90 bits per heavy atom. The van der Waals surface area contributed by atoms with Crippen molar-refractivity contribution >= 4 is 40.1 Å². The van der Waals surface area contributed by atoms with Crippen LogP contribution in [-0.2, 0) is 0 Å². The summed E-state index contributed by atoms with van der Waals surface area (Å²) in [4.78, 5) is 10.8. The summed E-state index contributed by atoms with van der Waals surface area (Å²) in [7, 11) is 0. The van der Waals surface area contributed by atoms with Gasteiger partial charge in [0.2, 0.25) is 0 Å². The number of carboxylic acid groups (broad SMARTS) is 1. The van der Waals surface area contributed by atoms with Gasteiger partial charge in [0.1, 0.15) is 11.6 Å². The fourth-order valence-corrected chi connectivity index (χ4v) is 2.08. The average molecular weight is 401 g/mol. The monoisotopic (exact) mass is 401 g/mol. The fourth-order valence-electron chi connectivity index (χ4n) is 1.63. The SMILES string of the molecule is O=C(O)c1cccc(C(F)=CNc2ccc(I)cc2F)c1. The maximum absolute atomic E-state index is 14.0. The number of hydrogen-bond acceptors (Lipinski definition) is 2. The molecule has 6 heteroatoms. The van der Waals surface area contributed by atoms with Crippen LogP contribution in [0.1, 0.15) is 15.9 Å². The van der Waals surface area contributed by atoms with Crippen LogP contribution < -0.4 is 5.32 Å². The molecule has 108 valence electrons. The molecule has 0 aliphatic carbocycles. The molecule has 2 rings (SSSR count). The van der Waals surface area contributed by atoms with Gasteiger partial charge in [-0.2, -0.15) is 0 Å². The first-order valence-corrected chi connectivity index (χ1v) is 6.96. The van der Waals surface area contributed by atoms with Gasteiger partial charge >= 0.3 is 5.97 Å². The zero-order chi connectivity index (χ0) is 15.4. The van der Waals surface area contributed by atoms with E-state index in [1.165, 1.54) is 36.4 Å². The van der Waals surface area contributed by atoms with Gasteiger partial charge in [0, 0.05) is 15.3 Å². The number of aromatic carboxylic acids is 1. The molecule has 0 amide bonds. The Morgan fingerprint density at radius 1 is 1.19 bits per heavy atom. The summed E-state index contributed by atoms with van der Waals surface area (Å²) in [6.45, 7) is 0. The number of carbonyl (C=O) groups is 1. The zero-order valence-corrected chi connectivity index (χ0v) is 12.8. The molecule has 0 atom stereocenters. The first-order chi connectivity index (χ1) is 9.97. The highest BCUT2D eigenvalue weighted by molar-refractivity contribution is 14.1. The predicted octanol–water partition coefficient (Wildman–Crippen LogP) is 4.51. The maximum Gasteiger partial charge on any atom is 0.335 e. The van der Waals surface area contributed by atoms with Crippen LogP contribution in [0.2, 0.25) is 0 Å². The molecule has 0 aliphatic heterocycles. The van der Waals surface area contributed by atoms with Crippen molar-refractivity contribution in [3.05, 3.63) is 69.2 Å². The zero-order valence-electron chi connectivity index (χ0n) is 10.6. The number of nitrogens with one attached hydrogen (secondary N) is 1. The highest BCUT2D eigenvalue weighted by Gasteiger charge is 2.07. The minimum atomic E-state index is -1.14. The van der Waals surface area contributed by atoms with Gasteiger partial charge in [-0.05, 0) is 52.9 Å². The van der Waals surface area contributed by atoms with Crippen LogP contribution in [0.5, 0.6) is 0 Å². The lowest BCUT2D eigenvalue weighted by molar-refractivity contribution is 0.0697. The Labute approximate surface area is 133 Å². The summed E-state index contributed by atoms with van der Waals surface area (Å²) in [5.41, 5.74) is 0.227.